The van der Waals surface area contributed by atoms with Gasteiger partial charge in [-0.25, -0.2) is 0 Å². The van der Waals surface area contributed by atoms with Crippen LogP contribution in [0.15, 0.2) is 18.2 Å². The molecule has 0 bridgehead atoms. The van der Waals surface area contributed by atoms with Crippen LogP contribution in [0.3, 0.4) is 0 Å². The summed E-state index contributed by atoms with van der Waals surface area (Å²) in [6.45, 7) is 0. The molecule has 1 aromatic carbocycles. The van der Waals surface area contributed by atoms with Crippen LogP contribution in [-0.2, 0) is 6.42 Å². The Hall–Kier alpha value is -0.730. The molecule has 12 heavy (non-hydrogen) atoms. The number of nitrogens with two attached hydrogens (primary N) is 1. The number of benzene rings is 1. The number of nitrogens with one attached hydrogen (secondary N) is 1. The lowest BCUT2D eigenvalue weighted by Crippen LogP contribution is -2.12. The van der Waals surface area contributed by atoms with Crippen LogP contribution in [0.1, 0.15) is 5.56 Å². The molecule has 1 aromatic rings. The first-order chi connectivity index (χ1) is 5.59. The Morgan fingerprint density at radius 2 is 2.08 bits per heavy atom. The normalized spacial score (nSPS) is 9.83. The molecule has 0 aromatic heterocycles. The Bertz CT molecular complexity index is 310. The summed E-state index contributed by atoms with van der Waals surface area (Å²) in [4.78, 5) is 0. The minimum absolute atomic E-state index is 0.0965. The first kappa shape index (κ1) is 9.36. The molecule has 0 heterocycles. The molecule has 0 spiro atoms. The van der Waals surface area contributed by atoms with Crippen LogP contribution in [0.2, 0.25) is 10.0 Å². The molecular weight excluding hydrogens is 195 g/mol. The van der Waals surface area contributed by atoms with Gasteiger partial charge in [-0.05, 0) is 17.7 Å². The van der Waals surface area contributed by atoms with Gasteiger partial charge in [-0.15, -0.1) is 0 Å². The number of hydrogen-bond acceptors (Lipinski definition) is 1. The second-order valence-corrected chi connectivity index (χ2v) is 3.28. The maximum absolute atomic E-state index is 7.07. The summed E-state index contributed by atoms with van der Waals surface area (Å²) >= 11 is 11.5. The molecule has 0 aliphatic rings. The maximum Gasteiger partial charge on any atom is 0.0950 e. The number of halogens is 2. The van der Waals surface area contributed by atoms with Gasteiger partial charge < -0.3 is 5.73 Å². The van der Waals surface area contributed by atoms with Crippen LogP contribution in [-0.4, -0.2) is 5.84 Å². The lowest BCUT2D eigenvalue weighted by Gasteiger charge is -2.02. The third kappa shape index (κ3) is 2.40. The van der Waals surface area contributed by atoms with Crippen molar-refractivity contribution < 1.29 is 0 Å². The fraction of sp³-hybridized carbons (Fsp3) is 0.125. The van der Waals surface area contributed by atoms with Crippen molar-refractivity contribution in [1.82, 2.24) is 0 Å². The number of rotatable bonds is 2. The quantitative estimate of drug-likeness (QED) is 0.562. The van der Waals surface area contributed by atoms with Gasteiger partial charge in [-0.2, -0.15) is 0 Å². The fourth-order valence-corrected chi connectivity index (χ4v) is 1.35. The third-order valence-electron chi connectivity index (χ3n) is 1.40. The average molecular weight is 203 g/mol. The van der Waals surface area contributed by atoms with Gasteiger partial charge in [0.05, 0.1) is 5.84 Å². The van der Waals surface area contributed by atoms with Crippen molar-refractivity contribution in [3.8, 4) is 0 Å². The molecule has 2 nitrogen and oxygen atoms in total. The second-order valence-electron chi connectivity index (χ2n) is 2.44. The summed E-state index contributed by atoms with van der Waals surface area (Å²) < 4.78 is 0. The van der Waals surface area contributed by atoms with Gasteiger partial charge in [0.15, 0.2) is 0 Å². The van der Waals surface area contributed by atoms with E-state index in [9.17, 15) is 0 Å². The Balaban J connectivity index is 2.93. The highest BCUT2D eigenvalue weighted by Crippen LogP contribution is 2.20. The molecule has 64 valence electrons. The Labute approximate surface area is 80.8 Å². The molecule has 0 radical (unpaired) electrons. The molecular formula is C8H8Cl2N2. The van der Waals surface area contributed by atoms with E-state index in [2.05, 4.69) is 0 Å². The molecule has 0 atom stereocenters. The van der Waals surface area contributed by atoms with Crippen LogP contribution in [0.5, 0.6) is 0 Å². The first-order valence-electron chi connectivity index (χ1n) is 3.36. The van der Waals surface area contributed by atoms with Gasteiger partial charge in [0.1, 0.15) is 0 Å². The van der Waals surface area contributed by atoms with Gasteiger partial charge in [0.2, 0.25) is 0 Å². The monoisotopic (exact) mass is 202 g/mol. The van der Waals surface area contributed by atoms with Gasteiger partial charge in [-0.1, -0.05) is 29.3 Å². The van der Waals surface area contributed by atoms with Crippen molar-refractivity contribution in [2.75, 3.05) is 0 Å². The molecule has 4 heteroatoms. The average Bonchev–Trinajstić information content (AvgIpc) is 1.94. The van der Waals surface area contributed by atoms with Gasteiger partial charge in [0, 0.05) is 16.5 Å². The van der Waals surface area contributed by atoms with Gasteiger partial charge in [0.25, 0.3) is 0 Å². The van der Waals surface area contributed by atoms with E-state index in [-0.39, 0.29) is 5.84 Å². The van der Waals surface area contributed by atoms with Gasteiger partial charge in [-0.3, -0.25) is 5.41 Å². The minimum atomic E-state index is 0.0965. The molecule has 0 saturated carbocycles. The predicted octanol–water partition coefficient (Wildman–Crippen LogP) is 2.47. The van der Waals surface area contributed by atoms with Crippen LogP contribution >= 0.6 is 23.2 Å². The van der Waals surface area contributed by atoms with Crippen LogP contribution < -0.4 is 5.73 Å². The van der Waals surface area contributed by atoms with Crippen LogP contribution in [0.25, 0.3) is 0 Å². The zero-order chi connectivity index (χ0) is 9.14. The van der Waals surface area contributed by atoms with E-state index in [4.69, 9.17) is 34.3 Å². The van der Waals surface area contributed by atoms with Gasteiger partial charge >= 0.3 is 0 Å². The molecule has 0 amide bonds. The molecule has 1 rings (SSSR count). The summed E-state index contributed by atoms with van der Waals surface area (Å²) in [6, 6.07) is 5.14. The standard InChI is InChI=1S/C8H8Cl2N2/c9-6-2-1-5(3-8(11)12)7(10)4-6/h1-2,4H,3H2,(H3,11,12). The van der Waals surface area contributed by atoms with E-state index < -0.39 is 0 Å². The SMILES string of the molecule is N=C(N)Cc1ccc(Cl)cc1Cl. The summed E-state index contributed by atoms with van der Waals surface area (Å²) in [6.07, 6.45) is 0.371. The Morgan fingerprint density at radius 3 is 2.58 bits per heavy atom. The van der Waals surface area contributed by atoms with E-state index >= 15 is 0 Å². The zero-order valence-corrected chi connectivity index (χ0v) is 7.78. The summed E-state index contributed by atoms with van der Waals surface area (Å²) in [5.74, 6) is 0.0965. The largest absolute Gasteiger partial charge is 0.387 e. The first-order valence-corrected chi connectivity index (χ1v) is 4.12. The van der Waals surface area contributed by atoms with E-state index in [0.29, 0.717) is 16.5 Å². The van der Waals surface area contributed by atoms with Crippen molar-refractivity contribution in [3.63, 3.8) is 0 Å². The number of amidine groups is 1. The highest BCUT2D eigenvalue weighted by Gasteiger charge is 2.01. The van der Waals surface area contributed by atoms with Crippen molar-refractivity contribution in [1.29, 1.82) is 5.41 Å². The summed E-state index contributed by atoms with van der Waals surface area (Å²) in [5, 5.41) is 8.21. The third-order valence-corrected chi connectivity index (χ3v) is 1.98. The van der Waals surface area contributed by atoms with Crippen molar-refractivity contribution in [2.45, 2.75) is 6.42 Å². The topological polar surface area (TPSA) is 49.9 Å². The number of hydrogen-bond donors (Lipinski definition) is 2. The van der Waals surface area contributed by atoms with Crippen LogP contribution in [0, 0.1) is 5.41 Å². The summed E-state index contributed by atoms with van der Waals surface area (Å²) in [5.41, 5.74) is 6.05. The fourth-order valence-electron chi connectivity index (χ4n) is 0.870. The van der Waals surface area contributed by atoms with Crippen molar-refractivity contribution >= 4 is 29.0 Å². The van der Waals surface area contributed by atoms with Crippen molar-refractivity contribution in [3.05, 3.63) is 33.8 Å². The smallest absolute Gasteiger partial charge is 0.0950 e. The van der Waals surface area contributed by atoms with E-state index in [1.807, 2.05) is 0 Å². The molecule has 3 N–H and O–H groups in total. The highest BCUT2D eigenvalue weighted by atomic mass is 35.5. The molecule has 0 saturated heterocycles. The Kier molecular flexibility index (Phi) is 2.95. The van der Waals surface area contributed by atoms with Crippen LogP contribution in [0.4, 0.5) is 0 Å². The van der Waals surface area contributed by atoms with E-state index in [1.54, 1.807) is 18.2 Å². The van der Waals surface area contributed by atoms with E-state index in [0.717, 1.165) is 5.56 Å². The Morgan fingerprint density at radius 1 is 1.42 bits per heavy atom. The molecule has 0 aliphatic heterocycles. The minimum Gasteiger partial charge on any atom is -0.387 e. The summed E-state index contributed by atoms with van der Waals surface area (Å²) in [7, 11) is 0. The molecule has 0 unspecified atom stereocenters. The molecule has 0 aliphatic carbocycles. The predicted molar refractivity (Wildman–Crippen MR) is 52.1 cm³/mol. The lowest BCUT2D eigenvalue weighted by molar-refractivity contribution is 1.25. The van der Waals surface area contributed by atoms with Crippen molar-refractivity contribution in [2.24, 2.45) is 5.73 Å². The van der Waals surface area contributed by atoms with E-state index in [1.165, 1.54) is 0 Å². The lowest BCUT2D eigenvalue weighted by atomic mass is 10.1. The second kappa shape index (κ2) is 3.78. The highest BCUT2D eigenvalue weighted by molar-refractivity contribution is 6.35. The zero-order valence-electron chi connectivity index (χ0n) is 6.27. The molecule has 0 fully saturated rings. The maximum atomic E-state index is 7.07.